The highest BCUT2D eigenvalue weighted by molar-refractivity contribution is 5.94. The molecule has 0 spiro atoms. The van der Waals surface area contributed by atoms with E-state index in [1.165, 1.54) is 15.8 Å². The Morgan fingerprint density at radius 2 is 2.14 bits per heavy atom. The van der Waals surface area contributed by atoms with Crippen LogP contribution in [-0.2, 0) is 16.1 Å². The highest BCUT2D eigenvalue weighted by Gasteiger charge is 2.30. The molecule has 1 aliphatic carbocycles. The lowest BCUT2D eigenvalue weighted by atomic mass is 10.1. The molecule has 1 fully saturated rings. The Labute approximate surface area is 127 Å². The normalized spacial score (nSPS) is 15.2. The second kappa shape index (κ2) is 6.54. The van der Waals surface area contributed by atoms with Crippen molar-refractivity contribution in [2.45, 2.75) is 31.8 Å². The van der Waals surface area contributed by atoms with Crippen molar-refractivity contribution in [2.24, 2.45) is 5.92 Å². The number of amides is 2. The lowest BCUT2D eigenvalue weighted by Gasteiger charge is -2.12. The minimum Gasteiger partial charge on any atom is -0.480 e. The summed E-state index contributed by atoms with van der Waals surface area (Å²) >= 11 is 0. The average molecular weight is 309 g/mol. The topological polar surface area (TPSA) is 117 Å². The summed E-state index contributed by atoms with van der Waals surface area (Å²) in [5.41, 5.74) is -0.00592. The van der Waals surface area contributed by atoms with Crippen LogP contribution in [0.5, 0.6) is 0 Å². The van der Waals surface area contributed by atoms with Crippen LogP contribution in [0.4, 0.5) is 0 Å². The minimum atomic E-state index is -1.06. The number of carboxylic acids is 1. The molecular formula is C13H19N5O4. The van der Waals surface area contributed by atoms with Crippen LogP contribution in [0.1, 0.15) is 29.8 Å². The Morgan fingerprint density at radius 1 is 1.45 bits per heavy atom. The molecule has 1 unspecified atom stereocenters. The van der Waals surface area contributed by atoms with E-state index in [2.05, 4.69) is 15.6 Å². The van der Waals surface area contributed by atoms with Crippen LogP contribution in [0.25, 0.3) is 0 Å². The molecule has 0 aliphatic heterocycles. The average Bonchev–Trinajstić information content (AvgIpc) is 3.14. The Morgan fingerprint density at radius 3 is 2.68 bits per heavy atom. The molecule has 0 bridgehead atoms. The van der Waals surface area contributed by atoms with E-state index in [1.807, 2.05) is 0 Å². The maximum atomic E-state index is 12.0. The molecule has 9 nitrogen and oxygen atoms in total. The van der Waals surface area contributed by atoms with Crippen LogP contribution in [0, 0.1) is 5.92 Å². The van der Waals surface area contributed by atoms with E-state index in [9.17, 15) is 14.4 Å². The first-order chi connectivity index (χ1) is 10.4. The SMILES string of the molecule is CN(C)C(=O)Cn1cc(C(=O)NC(CC2CC2)C(=O)O)nn1. The zero-order chi connectivity index (χ0) is 16.3. The largest absolute Gasteiger partial charge is 0.480 e. The molecule has 2 rings (SSSR count). The van der Waals surface area contributed by atoms with E-state index < -0.39 is 17.9 Å². The third-order valence-corrected chi connectivity index (χ3v) is 3.44. The van der Waals surface area contributed by atoms with Crippen molar-refractivity contribution in [3.05, 3.63) is 11.9 Å². The van der Waals surface area contributed by atoms with Crippen LogP contribution in [0.3, 0.4) is 0 Å². The molecular weight excluding hydrogens is 290 g/mol. The van der Waals surface area contributed by atoms with Crippen LogP contribution in [0.2, 0.25) is 0 Å². The number of rotatable bonds is 7. The Kier molecular flexibility index (Phi) is 4.74. The van der Waals surface area contributed by atoms with Crippen molar-refractivity contribution < 1.29 is 19.5 Å². The van der Waals surface area contributed by atoms with Crippen molar-refractivity contribution in [3.63, 3.8) is 0 Å². The maximum Gasteiger partial charge on any atom is 0.326 e. The number of carboxylic acid groups (broad SMARTS) is 1. The molecule has 0 aromatic carbocycles. The van der Waals surface area contributed by atoms with Crippen molar-refractivity contribution in [3.8, 4) is 0 Å². The van der Waals surface area contributed by atoms with Gasteiger partial charge in [0, 0.05) is 14.1 Å². The molecule has 2 N–H and O–H groups in total. The Balaban J connectivity index is 1.95. The first-order valence-corrected chi connectivity index (χ1v) is 7.00. The van der Waals surface area contributed by atoms with Gasteiger partial charge < -0.3 is 15.3 Å². The second-order valence-corrected chi connectivity index (χ2v) is 5.63. The summed E-state index contributed by atoms with van der Waals surface area (Å²) in [7, 11) is 3.23. The second-order valence-electron chi connectivity index (χ2n) is 5.63. The predicted molar refractivity (Wildman–Crippen MR) is 74.9 cm³/mol. The predicted octanol–water partition coefficient (Wildman–Crippen LogP) is -0.651. The molecule has 2 amide bonds. The van der Waals surface area contributed by atoms with Gasteiger partial charge in [0.05, 0.1) is 6.20 Å². The summed E-state index contributed by atoms with van der Waals surface area (Å²) in [5, 5.41) is 18.9. The summed E-state index contributed by atoms with van der Waals surface area (Å²) in [6.07, 6.45) is 3.76. The lowest BCUT2D eigenvalue weighted by molar-refractivity contribution is -0.139. The summed E-state index contributed by atoms with van der Waals surface area (Å²) in [5.74, 6) is -1.48. The molecule has 1 heterocycles. The van der Waals surface area contributed by atoms with Gasteiger partial charge in [-0.2, -0.15) is 0 Å². The first-order valence-electron chi connectivity index (χ1n) is 7.00. The number of nitrogens with one attached hydrogen (secondary N) is 1. The van der Waals surface area contributed by atoms with E-state index in [-0.39, 0.29) is 18.1 Å². The van der Waals surface area contributed by atoms with Crippen molar-refractivity contribution in [1.82, 2.24) is 25.2 Å². The third kappa shape index (κ3) is 4.27. The van der Waals surface area contributed by atoms with Crippen LogP contribution in [0.15, 0.2) is 6.20 Å². The lowest BCUT2D eigenvalue weighted by Crippen LogP contribution is -2.41. The molecule has 0 radical (unpaired) electrons. The van der Waals surface area contributed by atoms with Crippen molar-refractivity contribution in [1.29, 1.82) is 0 Å². The number of aromatic nitrogens is 3. The Hall–Kier alpha value is -2.45. The number of carbonyl (C=O) groups excluding carboxylic acids is 2. The van der Waals surface area contributed by atoms with Gasteiger partial charge in [0.25, 0.3) is 5.91 Å². The van der Waals surface area contributed by atoms with Crippen molar-refractivity contribution in [2.75, 3.05) is 14.1 Å². The van der Waals surface area contributed by atoms with Gasteiger partial charge in [-0.3, -0.25) is 9.59 Å². The van der Waals surface area contributed by atoms with E-state index in [4.69, 9.17) is 5.11 Å². The monoisotopic (exact) mass is 309 g/mol. The van der Waals surface area contributed by atoms with Crippen LogP contribution in [-0.4, -0.2) is 62.9 Å². The Bertz CT molecular complexity index is 579. The van der Waals surface area contributed by atoms with E-state index in [0.29, 0.717) is 12.3 Å². The summed E-state index contributed by atoms with van der Waals surface area (Å²) in [6.45, 7) is -0.0300. The fourth-order valence-corrected chi connectivity index (χ4v) is 1.90. The van der Waals surface area contributed by atoms with Crippen LogP contribution < -0.4 is 5.32 Å². The standard InChI is InChI=1S/C13H19N5O4/c1-17(2)11(19)7-18-6-10(15-16-18)12(20)14-9(13(21)22)5-8-3-4-8/h6,8-9H,3-5,7H2,1-2H3,(H,14,20)(H,21,22). The van der Waals surface area contributed by atoms with Gasteiger partial charge in [-0.05, 0) is 12.3 Å². The van der Waals surface area contributed by atoms with Crippen molar-refractivity contribution >= 4 is 17.8 Å². The van der Waals surface area contributed by atoms with Gasteiger partial charge in [0.15, 0.2) is 5.69 Å². The maximum absolute atomic E-state index is 12.0. The van der Waals surface area contributed by atoms with E-state index in [0.717, 1.165) is 12.8 Å². The number of aliphatic carboxylic acids is 1. The third-order valence-electron chi connectivity index (χ3n) is 3.44. The van der Waals surface area contributed by atoms with Gasteiger partial charge in [-0.25, -0.2) is 9.48 Å². The van der Waals surface area contributed by atoms with Gasteiger partial charge in [-0.1, -0.05) is 18.1 Å². The molecule has 1 aromatic heterocycles. The van der Waals surface area contributed by atoms with E-state index in [1.54, 1.807) is 14.1 Å². The minimum absolute atomic E-state index is 0.00592. The number of nitrogens with zero attached hydrogens (tertiary/aromatic N) is 4. The molecule has 120 valence electrons. The molecule has 9 heteroatoms. The van der Waals surface area contributed by atoms with Gasteiger partial charge in [0.1, 0.15) is 12.6 Å². The van der Waals surface area contributed by atoms with Crippen LogP contribution >= 0.6 is 0 Å². The van der Waals surface area contributed by atoms with E-state index >= 15 is 0 Å². The number of carbonyl (C=O) groups is 3. The summed E-state index contributed by atoms with van der Waals surface area (Å²) < 4.78 is 1.24. The molecule has 1 aromatic rings. The quantitative estimate of drug-likeness (QED) is 0.691. The summed E-state index contributed by atoms with van der Waals surface area (Å²) in [4.78, 5) is 36.1. The molecule has 1 saturated carbocycles. The van der Waals surface area contributed by atoms with Gasteiger partial charge in [-0.15, -0.1) is 5.10 Å². The molecule has 0 saturated heterocycles. The van der Waals surface area contributed by atoms with Gasteiger partial charge >= 0.3 is 5.97 Å². The zero-order valence-corrected chi connectivity index (χ0v) is 12.5. The number of likely N-dealkylation sites (N-methyl/N-ethyl adjacent to an activating group) is 1. The summed E-state index contributed by atoms with van der Waals surface area (Å²) in [6, 6.07) is -0.923. The smallest absolute Gasteiger partial charge is 0.326 e. The fourth-order valence-electron chi connectivity index (χ4n) is 1.90. The zero-order valence-electron chi connectivity index (χ0n) is 12.5. The highest BCUT2D eigenvalue weighted by Crippen LogP contribution is 2.33. The molecule has 1 aliphatic rings. The fraction of sp³-hybridized carbons (Fsp3) is 0.615. The number of hydrogen-bond donors (Lipinski definition) is 2. The molecule has 1 atom stereocenters. The number of hydrogen-bond acceptors (Lipinski definition) is 5. The highest BCUT2D eigenvalue weighted by atomic mass is 16.4. The first kappa shape index (κ1) is 15.9. The molecule has 22 heavy (non-hydrogen) atoms. The van der Waals surface area contributed by atoms with Gasteiger partial charge in [0.2, 0.25) is 5.91 Å².